The molecule has 0 spiro atoms. The van der Waals surface area contributed by atoms with Crippen molar-refractivity contribution in [1.82, 2.24) is 0 Å². The molecule has 2 heterocycles. The molecule has 0 unspecified atom stereocenters. The summed E-state index contributed by atoms with van der Waals surface area (Å²) in [6.07, 6.45) is 0. The van der Waals surface area contributed by atoms with Crippen molar-refractivity contribution in [1.29, 1.82) is 5.41 Å². The smallest absolute Gasteiger partial charge is 0.123 e. The second kappa shape index (κ2) is 17.8. The predicted octanol–water partition coefficient (Wildman–Crippen LogP) is 14.9. The largest absolute Gasteiger partial charge is 0.507 e. The van der Waals surface area contributed by atoms with E-state index in [-0.39, 0.29) is 21.7 Å². The number of nitrogens with zero attached hydrogens (tertiary/aromatic N) is 1. The number of benzene rings is 4. The zero-order valence-corrected chi connectivity index (χ0v) is 39.9. The number of nitrogens with two attached hydrogens (primary N) is 1. The minimum Gasteiger partial charge on any atom is -0.507 e. The first kappa shape index (κ1) is 46.5. The van der Waals surface area contributed by atoms with Gasteiger partial charge in [-0.05, 0) is 119 Å². The summed E-state index contributed by atoms with van der Waals surface area (Å²) < 4.78 is 0. The summed E-state index contributed by atoms with van der Waals surface area (Å²) in [5.41, 5.74) is 15.3. The van der Waals surface area contributed by atoms with Gasteiger partial charge in [0.05, 0.1) is 21.2 Å². The average Bonchev–Trinajstić information content (AvgIpc) is 3.83. The van der Waals surface area contributed by atoms with Gasteiger partial charge in [0.2, 0.25) is 0 Å². The number of thiophene rings is 2. The Balaban J connectivity index is 0.000000763. The van der Waals surface area contributed by atoms with Crippen molar-refractivity contribution in [3.8, 4) is 21.3 Å². The van der Waals surface area contributed by atoms with E-state index in [1.165, 1.54) is 0 Å². The number of hydrazone groups is 1. The average molecular weight is 882 g/mol. The van der Waals surface area contributed by atoms with Gasteiger partial charge in [-0.25, -0.2) is 0 Å². The van der Waals surface area contributed by atoms with Crippen LogP contribution in [0, 0.1) is 5.41 Å². The maximum Gasteiger partial charge on any atom is 0.123 e. The van der Waals surface area contributed by atoms with Crippen LogP contribution in [0.15, 0.2) is 102 Å². The van der Waals surface area contributed by atoms with Gasteiger partial charge in [0.15, 0.2) is 0 Å². The molecule has 0 amide bonds. The predicted molar refractivity (Wildman–Crippen MR) is 261 cm³/mol. The van der Waals surface area contributed by atoms with Crippen LogP contribution in [-0.2, 0) is 21.7 Å². The summed E-state index contributed by atoms with van der Waals surface area (Å²) in [6, 6.07) is 30.9. The first-order valence-electron chi connectivity index (χ1n) is 19.9. The molecule has 0 aliphatic rings. The van der Waals surface area contributed by atoms with E-state index < -0.39 is 0 Å². The molecule has 4 aromatic carbocycles. The number of halogens is 2. The molecule has 0 saturated heterocycles. The fraction of sp³-hybridized carbons (Fsp3) is 0.320. The monoisotopic (exact) mass is 880 g/mol. The number of nitrogens with one attached hydrogen (secondary N) is 2. The van der Waals surface area contributed by atoms with Gasteiger partial charge < -0.3 is 15.9 Å². The standard InChI is InChI=1S/C44H52ClN3O2S2.C6H6ClN/c1-41(2,3)29-21-25(22-30(39(29)49)42(4,5)6)37(46)35-19-17-33(51-35)34-18-20-36(52-34)38(48-47-28-15-13-27(45)14-16-28)26-23-31(43(7,8)9)40(50)32(24-26)44(10,11)12;7-5-1-3-6(8)4-2-5/h13-24,46-47,49-50H,1-12H3;1-4H,8H2/b46-37?,48-38+;. The number of hydrogen-bond donors (Lipinski definition) is 5. The van der Waals surface area contributed by atoms with E-state index in [0.29, 0.717) is 22.2 Å². The van der Waals surface area contributed by atoms with Crippen LogP contribution in [0.1, 0.15) is 126 Å². The summed E-state index contributed by atoms with van der Waals surface area (Å²) in [5.74, 6) is 0.641. The highest BCUT2D eigenvalue weighted by Gasteiger charge is 2.30. The Morgan fingerprint density at radius 3 is 1.32 bits per heavy atom. The van der Waals surface area contributed by atoms with E-state index in [0.717, 1.165) is 75.0 Å². The molecule has 6 N–H and O–H groups in total. The molecule has 0 fully saturated rings. The van der Waals surface area contributed by atoms with Gasteiger partial charge in [-0.2, -0.15) is 5.10 Å². The van der Waals surface area contributed by atoms with E-state index in [2.05, 4.69) is 119 Å². The summed E-state index contributed by atoms with van der Waals surface area (Å²) >= 11 is 15.0. The molecule has 6 aromatic rings. The Hall–Kier alpha value is -4.60. The quantitative estimate of drug-likeness (QED) is 0.0624. The number of aromatic hydroxyl groups is 2. The molecule has 10 heteroatoms. The van der Waals surface area contributed by atoms with E-state index in [4.69, 9.17) is 34.0 Å². The third-order valence-electron chi connectivity index (χ3n) is 9.96. The van der Waals surface area contributed by atoms with E-state index >= 15 is 0 Å². The number of nitrogen functional groups attached to an aromatic ring is 1. The van der Waals surface area contributed by atoms with Crippen LogP contribution < -0.4 is 11.2 Å². The molecule has 6 rings (SSSR count). The summed E-state index contributed by atoms with van der Waals surface area (Å²) in [6.45, 7) is 25.2. The molecule has 60 heavy (non-hydrogen) atoms. The third-order valence-corrected chi connectivity index (χ3v) is 12.9. The Kier molecular flexibility index (Phi) is 13.8. The van der Waals surface area contributed by atoms with Crippen LogP contribution >= 0.6 is 45.9 Å². The zero-order valence-electron chi connectivity index (χ0n) is 36.7. The van der Waals surface area contributed by atoms with Gasteiger partial charge in [-0.3, -0.25) is 10.8 Å². The maximum absolute atomic E-state index is 11.5. The van der Waals surface area contributed by atoms with Crippen molar-refractivity contribution < 1.29 is 10.2 Å². The highest BCUT2D eigenvalue weighted by atomic mass is 35.5. The number of phenolic OH excluding ortho intramolecular Hbond substituents is 2. The van der Waals surface area contributed by atoms with Gasteiger partial charge in [0.25, 0.3) is 0 Å². The normalized spacial score (nSPS) is 12.5. The maximum atomic E-state index is 11.5. The van der Waals surface area contributed by atoms with Crippen LogP contribution in [0.2, 0.25) is 10.0 Å². The van der Waals surface area contributed by atoms with Crippen molar-refractivity contribution in [3.63, 3.8) is 0 Å². The highest BCUT2D eigenvalue weighted by Crippen LogP contribution is 2.43. The minimum absolute atomic E-state index is 0.283. The van der Waals surface area contributed by atoms with Crippen molar-refractivity contribution >= 4 is 68.7 Å². The lowest BCUT2D eigenvalue weighted by Gasteiger charge is -2.28. The Morgan fingerprint density at radius 1 is 0.550 bits per heavy atom. The summed E-state index contributed by atoms with van der Waals surface area (Å²) in [7, 11) is 0. The van der Waals surface area contributed by atoms with Crippen LogP contribution in [0.4, 0.5) is 11.4 Å². The number of rotatable bonds is 7. The number of phenols is 2. The van der Waals surface area contributed by atoms with Crippen LogP contribution in [0.25, 0.3) is 9.75 Å². The van der Waals surface area contributed by atoms with Crippen molar-refractivity contribution in [3.05, 3.63) is 150 Å². The second-order valence-electron chi connectivity index (χ2n) is 19.2. The van der Waals surface area contributed by atoms with Gasteiger partial charge in [0.1, 0.15) is 17.2 Å². The van der Waals surface area contributed by atoms with Crippen molar-refractivity contribution in [2.75, 3.05) is 11.2 Å². The second-order valence-corrected chi connectivity index (χ2v) is 22.2. The van der Waals surface area contributed by atoms with E-state index in [1.807, 2.05) is 42.5 Å². The molecular weight excluding hydrogens is 824 g/mol. The molecule has 0 bridgehead atoms. The topological polar surface area (TPSA) is 115 Å². The zero-order chi connectivity index (χ0) is 44.5. The fourth-order valence-corrected chi connectivity index (χ4v) is 8.89. The first-order chi connectivity index (χ1) is 27.7. The molecule has 0 aliphatic carbocycles. The molecule has 6 nitrogen and oxygen atoms in total. The molecular formula is C50H58Cl2N4O2S2. The van der Waals surface area contributed by atoms with Crippen molar-refractivity contribution in [2.45, 2.75) is 105 Å². The third kappa shape index (κ3) is 11.2. The molecule has 0 saturated carbocycles. The van der Waals surface area contributed by atoms with E-state index in [9.17, 15) is 15.6 Å². The molecule has 0 radical (unpaired) electrons. The lowest BCUT2D eigenvalue weighted by molar-refractivity contribution is 0.422. The van der Waals surface area contributed by atoms with Crippen LogP contribution in [0.5, 0.6) is 11.5 Å². The Bertz CT molecular complexity index is 2410. The molecule has 2 aromatic heterocycles. The molecule has 0 atom stereocenters. The number of anilines is 2. The first-order valence-corrected chi connectivity index (χ1v) is 22.3. The minimum atomic E-state index is -0.300. The summed E-state index contributed by atoms with van der Waals surface area (Å²) in [4.78, 5) is 3.95. The highest BCUT2D eigenvalue weighted by molar-refractivity contribution is 7.24. The van der Waals surface area contributed by atoms with Crippen molar-refractivity contribution in [2.24, 2.45) is 5.10 Å². The van der Waals surface area contributed by atoms with Gasteiger partial charge >= 0.3 is 0 Å². The van der Waals surface area contributed by atoms with Crippen LogP contribution in [0.3, 0.4) is 0 Å². The Morgan fingerprint density at radius 2 is 0.917 bits per heavy atom. The van der Waals surface area contributed by atoms with Crippen LogP contribution in [-0.4, -0.2) is 21.6 Å². The number of hydrogen-bond acceptors (Lipinski definition) is 8. The summed E-state index contributed by atoms with van der Waals surface area (Å²) in [5, 5.41) is 38.4. The lowest BCUT2D eigenvalue weighted by atomic mass is 9.78. The van der Waals surface area contributed by atoms with Gasteiger partial charge in [-0.1, -0.05) is 106 Å². The van der Waals surface area contributed by atoms with Gasteiger partial charge in [-0.15, -0.1) is 22.7 Å². The molecule has 316 valence electrons. The molecule has 0 aliphatic heterocycles. The fourth-order valence-electron chi connectivity index (χ4n) is 6.55. The van der Waals surface area contributed by atoms with E-state index in [1.54, 1.807) is 46.9 Å². The SMILES string of the molecule is CC(C)(C)c1cc(C(=N)c2ccc(-c3ccc(/C(=N/Nc4ccc(Cl)cc4)c4cc(C(C)(C)C)c(O)c(C(C)(C)C)c4)s3)s2)cc(C(C)(C)C)c1O.Nc1ccc(Cl)cc1. The van der Waals surface area contributed by atoms with Gasteiger partial charge in [0, 0.05) is 58.9 Å². The Labute approximate surface area is 374 Å². The lowest BCUT2D eigenvalue weighted by Crippen LogP contribution is -2.19.